The van der Waals surface area contributed by atoms with Crippen LogP contribution in [-0.2, 0) is 0 Å². The van der Waals surface area contributed by atoms with E-state index in [2.05, 4.69) is 27.8 Å². The summed E-state index contributed by atoms with van der Waals surface area (Å²) < 4.78 is 5.62. The monoisotopic (exact) mass is 314 g/mol. The number of carbonyl (C=O) groups is 1. The molecular weight excluding hydrogens is 296 g/mol. The third kappa shape index (κ3) is 2.78. The number of hydrogen-bond donors (Lipinski definition) is 0. The number of furan rings is 1. The molecule has 0 radical (unpaired) electrons. The molecule has 1 saturated heterocycles. The maximum atomic E-state index is 12.2. The highest BCUT2D eigenvalue weighted by molar-refractivity contribution is 9.10. The minimum Gasteiger partial charge on any atom is -0.457 e. The van der Waals surface area contributed by atoms with Crippen molar-refractivity contribution in [3.63, 3.8) is 0 Å². The van der Waals surface area contributed by atoms with E-state index in [0.29, 0.717) is 16.3 Å². The normalized spacial score (nSPS) is 20.3. The lowest BCUT2D eigenvalue weighted by Gasteiger charge is -2.27. The minimum absolute atomic E-state index is 0.0126. The van der Waals surface area contributed by atoms with E-state index < -0.39 is 0 Å². The predicted molar refractivity (Wildman–Crippen MR) is 73.6 cm³/mol. The summed E-state index contributed by atoms with van der Waals surface area (Å²) in [6.07, 6.45) is 3.94. The Labute approximate surface area is 116 Å². The van der Waals surface area contributed by atoms with Crippen LogP contribution in [0.25, 0.3) is 0 Å². The summed E-state index contributed by atoms with van der Waals surface area (Å²) in [6, 6.07) is 2.20. The number of amides is 1. The smallest absolute Gasteiger partial charge is 0.258 e. The lowest BCUT2D eigenvalue weighted by molar-refractivity contribution is 0.0752. The largest absolute Gasteiger partial charge is 0.457 e. The summed E-state index contributed by atoms with van der Waals surface area (Å²) in [6.45, 7) is 5.16. The van der Waals surface area contributed by atoms with Gasteiger partial charge in [0.25, 0.3) is 5.91 Å². The molecule has 1 unspecified atom stereocenters. The molecule has 5 heteroatoms. The lowest BCUT2D eigenvalue weighted by atomic mass is 10.2. The van der Waals surface area contributed by atoms with E-state index >= 15 is 0 Å². The van der Waals surface area contributed by atoms with E-state index in [4.69, 9.17) is 4.42 Å². The molecule has 2 rings (SSSR count). The molecule has 4 nitrogen and oxygen atoms in total. The highest BCUT2D eigenvalue weighted by Gasteiger charge is 2.26. The number of carbonyl (C=O) groups excluding carboxylic acids is 1. The van der Waals surface area contributed by atoms with Crippen molar-refractivity contribution in [1.29, 1.82) is 0 Å². The van der Waals surface area contributed by atoms with Crippen molar-refractivity contribution in [2.75, 3.05) is 26.7 Å². The molecular formula is C13H19BrN2O2. The van der Waals surface area contributed by atoms with Gasteiger partial charge in [0.1, 0.15) is 0 Å². The van der Waals surface area contributed by atoms with Gasteiger partial charge in [-0.2, -0.15) is 0 Å². The van der Waals surface area contributed by atoms with Crippen molar-refractivity contribution < 1.29 is 9.21 Å². The number of halogens is 1. The van der Waals surface area contributed by atoms with E-state index in [9.17, 15) is 4.79 Å². The van der Waals surface area contributed by atoms with Gasteiger partial charge in [0.2, 0.25) is 0 Å². The Morgan fingerprint density at radius 2 is 2.44 bits per heavy atom. The third-order valence-electron chi connectivity index (χ3n) is 3.58. The van der Waals surface area contributed by atoms with Crippen molar-refractivity contribution >= 4 is 21.8 Å². The van der Waals surface area contributed by atoms with Crippen LogP contribution >= 0.6 is 15.9 Å². The van der Waals surface area contributed by atoms with Gasteiger partial charge in [0.15, 0.2) is 4.67 Å². The van der Waals surface area contributed by atoms with E-state index in [1.807, 2.05) is 7.05 Å². The van der Waals surface area contributed by atoms with Gasteiger partial charge in [-0.15, -0.1) is 0 Å². The van der Waals surface area contributed by atoms with Gasteiger partial charge < -0.3 is 9.32 Å². The summed E-state index contributed by atoms with van der Waals surface area (Å²) in [4.78, 5) is 16.5. The molecule has 1 aromatic rings. The first-order valence-corrected chi connectivity index (χ1v) is 7.15. The number of likely N-dealkylation sites (tertiary alicyclic amines) is 1. The molecule has 0 aromatic carbocycles. The Hall–Kier alpha value is -0.810. The molecule has 0 aliphatic carbocycles. The van der Waals surface area contributed by atoms with Crippen LogP contribution in [0.3, 0.4) is 0 Å². The van der Waals surface area contributed by atoms with Crippen LogP contribution in [0.4, 0.5) is 0 Å². The van der Waals surface area contributed by atoms with Crippen molar-refractivity contribution in [2.45, 2.75) is 25.8 Å². The Kier molecular flexibility index (Phi) is 4.45. The van der Waals surface area contributed by atoms with Gasteiger partial charge >= 0.3 is 0 Å². The number of nitrogens with zero attached hydrogens (tertiary/aromatic N) is 2. The minimum atomic E-state index is 0.0126. The fourth-order valence-corrected chi connectivity index (χ4v) is 2.98. The zero-order chi connectivity index (χ0) is 13.1. The second-order valence-electron chi connectivity index (χ2n) is 4.72. The van der Waals surface area contributed by atoms with Crippen LogP contribution in [0.5, 0.6) is 0 Å². The molecule has 1 fully saturated rings. The third-order valence-corrected chi connectivity index (χ3v) is 4.20. The van der Waals surface area contributed by atoms with E-state index in [0.717, 1.165) is 19.6 Å². The standard InChI is InChI=1S/C13H19BrN2O2/c1-3-16-7-4-5-10(16)9-15(2)13(17)11-6-8-18-12(11)14/h6,8,10H,3-5,7,9H2,1-2H3. The fraction of sp³-hybridized carbons (Fsp3) is 0.615. The first-order valence-electron chi connectivity index (χ1n) is 6.36. The molecule has 100 valence electrons. The zero-order valence-corrected chi connectivity index (χ0v) is 12.4. The quantitative estimate of drug-likeness (QED) is 0.857. The van der Waals surface area contributed by atoms with Gasteiger partial charge in [0.05, 0.1) is 11.8 Å². The van der Waals surface area contributed by atoms with E-state index in [1.54, 1.807) is 11.0 Å². The second-order valence-corrected chi connectivity index (χ2v) is 5.44. The van der Waals surface area contributed by atoms with Crippen LogP contribution in [0, 0.1) is 0 Å². The number of rotatable bonds is 4. The molecule has 1 aliphatic rings. The summed E-state index contributed by atoms with van der Waals surface area (Å²) in [5, 5.41) is 0. The Morgan fingerprint density at radius 3 is 3.06 bits per heavy atom. The maximum absolute atomic E-state index is 12.2. The molecule has 18 heavy (non-hydrogen) atoms. The molecule has 0 bridgehead atoms. The molecule has 1 amide bonds. The van der Waals surface area contributed by atoms with E-state index in [-0.39, 0.29) is 5.91 Å². The zero-order valence-electron chi connectivity index (χ0n) is 10.9. The molecule has 2 heterocycles. The molecule has 1 atom stereocenters. The SMILES string of the molecule is CCN1CCCC1CN(C)C(=O)c1ccoc1Br. The average Bonchev–Trinajstić information content (AvgIpc) is 2.96. The molecule has 1 aromatic heterocycles. The van der Waals surface area contributed by atoms with Gasteiger partial charge in [-0.3, -0.25) is 9.69 Å². The fourth-order valence-electron chi connectivity index (χ4n) is 2.57. The topological polar surface area (TPSA) is 36.7 Å². The van der Waals surface area contributed by atoms with Crippen molar-refractivity contribution in [2.24, 2.45) is 0 Å². The van der Waals surface area contributed by atoms with Gasteiger partial charge in [-0.25, -0.2) is 0 Å². The Balaban J connectivity index is 1.98. The first-order chi connectivity index (χ1) is 8.63. The summed E-state index contributed by atoms with van der Waals surface area (Å²) >= 11 is 3.25. The van der Waals surface area contributed by atoms with Gasteiger partial charge in [-0.05, 0) is 47.9 Å². The van der Waals surface area contributed by atoms with Crippen molar-refractivity contribution in [3.8, 4) is 0 Å². The van der Waals surface area contributed by atoms with E-state index in [1.165, 1.54) is 19.1 Å². The summed E-state index contributed by atoms with van der Waals surface area (Å²) in [5.41, 5.74) is 0.596. The van der Waals surface area contributed by atoms with Crippen LogP contribution < -0.4 is 0 Å². The van der Waals surface area contributed by atoms with Crippen LogP contribution in [0.2, 0.25) is 0 Å². The van der Waals surface area contributed by atoms with Crippen molar-refractivity contribution in [3.05, 3.63) is 22.6 Å². The molecule has 0 saturated carbocycles. The van der Waals surface area contributed by atoms with Crippen molar-refractivity contribution in [1.82, 2.24) is 9.80 Å². The second kappa shape index (κ2) is 5.89. The summed E-state index contributed by atoms with van der Waals surface area (Å²) in [7, 11) is 1.86. The van der Waals surface area contributed by atoms with Gasteiger partial charge in [-0.1, -0.05) is 6.92 Å². The molecule has 0 N–H and O–H groups in total. The van der Waals surface area contributed by atoms with Crippen LogP contribution in [0.1, 0.15) is 30.1 Å². The number of likely N-dealkylation sites (N-methyl/N-ethyl adjacent to an activating group) is 2. The maximum Gasteiger partial charge on any atom is 0.258 e. The Morgan fingerprint density at radius 1 is 1.67 bits per heavy atom. The molecule has 1 aliphatic heterocycles. The highest BCUT2D eigenvalue weighted by Crippen LogP contribution is 2.21. The predicted octanol–water partition coefficient (Wildman–Crippen LogP) is 2.60. The summed E-state index contributed by atoms with van der Waals surface area (Å²) in [5.74, 6) is 0.0126. The number of hydrogen-bond acceptors (Lipinski definition) is 3. The lowest BCUT2D eigenvalue weighted by Crippen LogP contribution is -2.41. The average molecular weight is 315 g/mol. The van der Waals surface area contributed by atoms with Crippen LogP contribution in [0.15, 0.2) is 21.4 Å². The van der Waals surface area contributed by atoms with Gasteiger partial charge in [0, 0.05) is 19.6 Å². The first kappa shape index (κ1) is 13.6. The highest BCUT2D eigenvalue weighted by atomic mass is 79.9. The van der Waals surface area contributed by atoms with Crippen LogP contribution in [-0.4, -0.2) is 48.4 Å². The Bertz CT molecular complexity index is 419. The molecule has 0 spiro atoms.